The Hall–Kier alpha value is -4.46. The average molecular weight is 655 g/mol. The number of imide groups is 1. The highest BCUT2D eigenvalue weighted by molar-refractivity contribution is 7.98. The number of carbonyl (C=O) groups is 3. The lowest BCUT2D eigenvalue weighted by Crippen LogP contribution is -2.43. The number of hydrogen-bond donors (Lipinski definition) is 3. The summed E-state index contributed by atoms with van der Waals surface area (Å²) in [6.45, 7) is 4.92. The number of nitrogens with one attached hydrogen (secondary N) is 3. The maximum absolute atomic E-state index is 14.8. The number of halogens is 2. The molecule has 1 unspecified atom stereocenters. The van der Waals surface area contributed by atoms with Gasteiger partial charge < -0.3 is 25.4 Å². The number of thioether (sulfide) groups is 1. The number of likely N-dealkylation sites (tertiary alicyclic amines) is 1. The Bertz CT molecular complexity index is 1610. The molecule has 11 nitrogen and oxygen atoms in total. The summed E-state index contributed by atoms with van der Waals surface area (Å²) in [6.07, 6.45) is 2.36. The minimum atomic E-state index is -0.659. The molecular weight excluding hydrogens is 618 g/mol. The molecule has 4 bridgehead atoms. The van der Waals surface area contributed by atoms with E-state index in [1.54, 1.807) is 18.7 Å². The first kappa shape index (κ1) is 32.9. The number of carbonyl (C=O) groups excluding carboxylic acids is 3. The number of pyridine rings is 2. The maximum Gasteiger partial charge on any atom is 0.314 e. The second-order valence-corrected chi connectivity index (χ2v) is 12.3. The lowest BCUT2D eigenvalue weighted by atomic mass is 9.86. The van der Waals surface area contributed by atoms with Gasteiger partial charge in [0.05, 0.1) is 24.8 Å². The Morgan fingerprint density at radius 2 is 1.87 bits per heavy atom. The Balaban J connectivity index is 1.14. The van der Waals surface area contributed by atoms with Crippen molar-refractivity contribution in [2.45, 2.75) is 38.9 Å². The predicted molar refractivity (Wildman–Crippen MR) is 170 cm³/mol. The number of urea groups is 1. The van der Waals surface area contributed by atoms with E-state index < -0.39 is 17.0 Å². The summed E-state index contributed by atoms with van der Waals surface area (Å²) >= 11 is 1.59. The molecule has 5 rings (SSSR count). The molecule has 244 valence electrons. The molecule has 14 heteroatoms. The number of rotatable bonds is 9. The van der Waals surface area contributed by atoms with E-state index in [4.69, 9.17) is 9.47 Å². The molecule has 2 aliphatic heterocycles. The summed E-state index contributed by atoms with van der Waals surface area (Å²) in [7, 11) is 0. The fourth-order valence-electron chi connectivity index (χ4n) is 5.10. The van der Waals surface area contributed by atoms with Crippen LogP contribution >= 0.6 is 11.8 Å². The Labute approximate surface area is 269 Å². The summed E-state index contributed by atoms with van der Waals surface area (Å²) in [5, 5.41) is 8.60. The zero-order valence-corrected chi connectivity index (χ0v) is 26.5. The van der Waals surface area contributed by atoms with Crippen molar-refractivity contribution in [3.05, 3.63) is 59.8 Å². The molecule has 0 spiro atoms. The molecule has 3 N–H and O–H groups in total. The van der Waals surface area contributed by atoms with Crippen LogP contribution in [0.2, 0.25) is 0 Å². The van der Waals surface area contributed by atoms with Crippen molar-refractivity contribution in [1.82, 2.24) is 25.5 Å². The van der Waals surface area contributed by atoms with Crippen LogP contribution in [0, 0.1) is 17.0 Å². The molecule has 4 amide bonds. The number of aromatic nitrogens is 2. The van der Waals surface area contributed by atoms with Crippen molar-refractivity contribution in [2.24, 2.45) is 5.41 Å². The van der Waals surface area contributed by atoms with Gasteiger partial charge in [0.25, 0.3) is 0 Å². The molecule has 1 atom stereocenters. The van der Waals surface area contributed by atoms with Crippen molar-refractivity contribution in [3.63, 3.8) is 0 Å². The van der Waals surface area contributed by atoms with E-state index in [2.05, 4.69) is 25.9 Å². The van der Waals surface area contributed by atoms with E-state index in [9.17, 15) is 23.2 Å². The van der Waals surface area contributed by atoms with E-state index >= 15 is 0 Å². The summed E-state index contributed by atoms with van der Waals surface area (Å²) in [5.74, 6) is 1.16. The van der Waals surface area contributed by atoms with Gasteiger partial charge in [-0.15, -0.1) is 0 Å². The van der Waals surface area contributed by atoms with Crippen LogP contribution in [-0.4, -0.2) is 71.3 Å². The fraction of sp³-hybridized carbons (Fsp3) is 0.406. The standard InChI is InChI=1S/C32H36F2N6O5S/c1-3-32(2)17-29(41)40(30(32)42)9-7-35-31(43)36-8-12-46-19-20-13-27-38-26-16-23(24(34)18-37-26)22-6-5-21(33)15-25(22)44-10-4-11-45-28(14-20)39-27/h5-6,13-16,18H,3-4,7-12,17,19H2,1-2H3,(H2,35,36,43)(H,37,38,39). The van der Waals surface area contributed by atoms with Gasteiger partial charge in [0.2, 0.25) is 17.7 Å². The molecule has 1 saturated heterocycles. The van der Waals surface area contributed by atoms with Crippen LogP contribution in [-0.2, 0) is 15.3 Å². The molecule has 0 aliphatic carbocycles. The van der Waals surface area contributed by atoms with Gasteiger partial charge in [-0.25, -0.2) is 18.6 Å². The molecule has 46 heavy (non-hydrogen) atoms. The topological polar surface area (TPSA) is 135 Å². The van der Waals surface area contributed by atoms with Crippen LogP contribution < -0.4 is 25.4 Å². The second kappa shape index (κ2) is 14.8. The number of amides is 4. The number of benzene rings is 1. The number of hydrogen-bond acceptors (Lipinski definition) is 9. The minimum absolute atomic E-state index is 0.146. The number of anilines is 2. The normalized spacial score (nSPS) is 17.7. The third kappa shape index (κ3) is 8.03. The molecule has 3 aromatic rings. The molecule has 0 radical (unpaired) electrons. The predicted octanol–water partition coefficient (Wildman–Crippen LogP) is 5.03. The first-order valence-electron chi connectivity index (χ1n) is 15.1. The summed E-state index contributed by atoms with van der Waals surface area (Å²) in [5.41, 5.74) is 0.864. The van der Waals surface area contributed by atoms with Crippen molar-refractivity contribution >= 4 is 41.2 Å². The molecule has 2 aliphatic rings. The van der Waals surface area contributed by atoms with Crippen molar-refractivity contribution in [2.75, 3.05) is 43.9 Å². The third-order valence-electron chi connectivity index (χ3n) is 7.81. The summed E-state index contributed by atoms with van der Waals surface area (Å²) in [4.78, 5) is 46.9. The SMILES string of the molecule is CCC1(C)CC(=O)N(CCNC(=O)NCCSCc2cc3nc(c2)OCCCOc2cc(F)ccc2-c2cc(ncc2F)N3)C1=O. The number of fused-ring (bicyclic) bond motifs is 6. The van der Waals surface area contributed by atoms with Crippen LogP contribution in [0.15, 0.2) is 42.6 Å². The van der Waals surface area contributed by atoms with Crippen molar-refractivity contribution in [1.29, 1.82) is 0 Å². The Morgan fingerprint density at radius 3 is 2.67 bits per heavy atom. The van der Waals surface area contributed by atoms with Gasteiger partial charge in [0.1, 0.15) is 29.0 Å². The fourth-order valence-corrected chi connectivity index (χ4v) is 5.89. The lowest BCUT2D eigenvalue weighted by molar-refractivity contribution is -0.141. The monoisotopic (exact) mass is 654 g/mol. The number of ether oxygens (including phenoxy) is 2. The minimum Gasteiger partial charge on any atom is -0.493 e. The first-order chi connectivity index (χ1) is 22.1. The summed E-state index contributed by atoms with van der Waals surface area (Å²) in [6, 6.07) is 8.76. The zero-order valence-electron chi connectivity index (χ0n) is 25.7. The van der Waals surface area contributed by atoms with Crippen molar-refractivity contribution < 1.29 is 32.6 Å². The van der Waals surface area contributed by atoms with E-state index in [0.29, 0.717) is 60.6 Å². The van der Waals surface area contributed by atoms with E-state index in [1.165, 1.54) is 29.2 Å². The van der Waals surface area contributed by atoms with Gasteiger partial charge in [0.15, 0.2) is 0 Å². The molecule has 2 aromatic heterocycles. The second-order valence-electron chi connectivity index (χ2n) is 11.2. The lowest BCUT2D eigenvalue weighted by Gasteiger charge is -2.20. The summed E-state index contributed by atoms with van der Waals surface area (Å²) < 4.78 is 40.5. The van der Waals surface area contributed by atoms with E-state index in [-0.39, 0.29) is 55.3 Å². The smallest absolute Gasteiger partial charge is 0.314 e. The van der Waals surface area contributed by atoms with E-state index in [1.807, 2.05) is 19.1 Å². The van der Waals surface area contributed by atoms with Crippen molar-refractivity contribution in [3.8, 4) is 22.8 Å². The molecule has 1 fully saturated rings. The van der Waals surface area contributed by atoms with Gasteiger partial charge in [-0.2, -0.15) is 16.7 Å². The largest absolute Gasteiger partial charge is 0.493 e. The van der Waals surface area contributed by atoms with Gasteiger partial charge in [-0.05, 0) is 36.2 Å². The van der Waals surface area contributed by atoms with Gasteiger partial charge in [-0.1, -0.05) is 13.8 Å². The van der Waals surface area contributed by atoms with Crippen LogP contribution in [0.1, 0.15) is 38.7 Å². The quantitative estimate of drug-likeness (QED) is 0.214. The highest BCUT2D eigenvalue weighted by Crippen LogP contribution is 2.36. The highest BCUT2D eigenvalue weighted by Gasteiger charge is 2.46. The van der Waals surface area contributed by atoms with Crippen LogP contribution in [0.3, 0.4) is 0 Å². The maximum atomic E-state index is 14.8. The van der Waals surface area contributed by atoms with Crippen LogP contribution in [0.4, 0.5) is 25.2 Å². The highest BCUT2D eigenvalue weighted by atomic mass is 32.2. The first-order valence-corrected chi connectivity index (χ1v) is 16.2. The van der Waals surface area contributed by atoms with E-state index in [0.717, 1.165) is 11.8 Å². The van der Waals surface area contributed by atoms with Crippen LogP contribution in [0.25, 0.3) is 11.1 Å². The molecule has 4 heterocycles. The number of nitrogens with zero attached hydrogens (tertiary/aromatic N) is 3. The Morgan fingerprint density at radius 1 is 1.07 bits per heavy atom. The van der Waals surface area contributed by atoms with Gasteiger partial charge in [0, 0.05) is 67.2 Å². The van der Waals surface area contributed by atoms with Gasteiger partial charge in [-0.3, -0.25) is 14.5 Å². The molecular formula is C32H36F2N6O5S. The Kier molecular flexibility index (Phi) is 10.6. The molecule has 1 aromatic carbocycles. The third-order valence-corrected chi connectivity index (χ3v) is 8.84. The zero-order chi connectivity index (χ0) is 32.7. The van der Waals surface area contributed by atoms with Gasteiger partial charge >= 0.3 is 6.03 Å². The van der Waals surface area contributed by atoms with Crippen LogP contribution in [0.5, 0.6) is 11.6 Å². The average Bonchev–Trinajstić information content (AvgIpc) is 3.24. The molecule has 0 saturated carbocycles.